The Morgan fingerprint density at radius 2 is 2.04 bits per heavy atom. The van der Waals surface area contributed by atoms with E-state index in [1.165, 1.54) is 0 Å². The first-order valence-corrected chi connectivity index (χ1v) is 9.19. The third-order valence-electron chi connectivity index (χ3n) is 4.37. The maximum Gasteiger partial charge on any atom is 0.315 e. The second-order valence-corrected chi connectivity index (χ2v) is 7.26. The first-order valence-electron chi connectivity index (χ1n) is 8.37. The molecule has 5 nitrogen and oxygen atoms in total. The predicted molar refractivity (Wildman–Crippen MR) is 95.9 cm³/mol. The van der Waals surface area contributed by atoms with Crippen LogP contribution in [0.1, 0.15) is 36.3 Å². The first-order chi connectivity index (χ1) is 11.6. The number of thiazole rings is 1. The highest BCUT2D eigenvalue weighted by Crippen LogP contribution is 2.27. The van der Waals surface area contributed by atoms with E-state index in [9.17, 15) is 9.90 Å². The summed E-state index contributed by atoms with van der Waals surface area (Å²) < 4.78 is 0. The second-order valence-electron chi connectivity index (χ2n) is 6.18. The Morgan fingerprint density at radius 1 is 1.29 bits per heavy atom. The van der Waals surface area contributed by atoms with Gasteiger partial charge in [-0.25, -0.2) is 9.78 Å². The highest BCUT2D eigenvalue weighted by molar-refractivity contribution is 7.15. The number of aliphatic hydroxyl groups is 1. The molecule has 1 heterocycles. The summed E-state index contributed by atoms with van der Waals surface area (Å²) in [7, 11) is 0. The molecule has 2 amide bonds. The summed E-state index contributed by atoms with van der Waals surface area (Å²) in [5.41, 5.74) is 2.03. The first kappa shape index (κ1) is 16.9. The van der Waals surface area contributed by atoms with Crippen molar-refractivity contribution < 1.29 is 9.90 Å². The van der Waals surface area contributed by atoms with Crippen molar-refractivity contribution in [1.82, 2.24) is 15.6 Å². The molecule has 1 aliphatic rings. The molecule has 1 aromatic heterocycles. The van der Waals surface area contributed by atoms with Gasteiger partial charge in [-0.1, -0.05) is 43.2 Å². The lowest BCUT2D eigenvalue weighted by Gasteiger charge is -2.28. The van der Waals surface area contributed by atoms with E-state index in [2.05, 4.69) is 15.6 Å². The van der Waals surface area contributed by atoms with Crippen LogP contribution in [0.5, 0.6) is 0 Å². The minimum Gasteiger partial charge on any atom is -0.391 e. The zero-order valence-electron chi connectivity index (χ0n) is 13.8. The molecular formula is C18H23N3O2S. The van der Waals surface area contributed by atoms with E-state index in [0.717, 1.165) is 46.8 Å². The maximum atomic E-state index is 12.1. The average Bonchev–Trinajstić information content (AvgIpc) is 2.97. The maximum absolute atomic E-state index is 12.1. The van der Waals surface area contributed by atoms with Gasteiger partial charge in [0.05, 0.1) is 24.4 Å². The molecule has 24 heavy (non-hydrogen) atoms. The summed E-state index contributed by atoms with van der Waals surface area (Å²) in [5, 5.41) is 16.7. The summed E-state index contributed by atoms with van der Waals surface area (Å²) in [4.78, 5) is 17.7. The number of rotatable bonds is 4. The molecule has 3 rings (SSSR count). The number of hydrogen-bond acceptors (Lipinski definition) is 4. The van der Waals surface area contributed by atoms with Gasteiger partial charge in [0.25, 0.3) is 0 Å². The summed E-state index contributed by atoms with van der Waals surface area (Å²) in [6.07, 6.45) is 3.25. The lowest BCUT2D eigenvalue weighted by molar-refractivity contribution is 0.0943. The quantitative estimate of drug-likeness (QED) is 0.796. The van der Waals surface area contributed by atoms with Gasteiger partial charge in [-0.3, -0.25) is 0 Å². The van der Waals surface area contributed by atoms with Gasteiger partial charge < -0.3 is 15.7 Å². The van der Waals surface area contributed by atoms with Gasteiger partial charge in [0.2, 0.25) is 0 Å². The number of hydrogen-bond donors (Lipinski definition) is 3. The van der Waals surface area contributed by atoms with Crippen molar-refractivity contribution in [3.63, 3.8) is 0 Å². The Labute approximate surface area is 146 Å². The van der Waals surface area contributed by atoms with Gasteiger partial charge in [-0.15, -0.1) is 11.3 Å². The second kappa shape index (κ2) is 7.77. The number of nitrogens with zero attached hydrogens (tertiary/aromatic N) is 1. The molecule has 1 aromatic carbocycles. The minimum atomic E-state index is -0.431. The van der Waals surface area contributed by atoms with Crippen LogP contribution in [0, 0.1) is 6.92 Å². The fourth-order valence-electron chi connectivity index (χ4n) is 2.96. The van der Waals surface area contributed by atoms with Crippen LogP contribution in [0.25, 0.3) is 10.6 Å². The van der Waals surface area contributed by atoms with Crippen molar-refractivity contribution in [3.05, 3.63) is 40.9 Å². The monoisotopic (exact) mass is 345 g/mol. The molecule has 128 valence electrons. The van der Waals surface area contributed by atoms with E-state index in [4.69, 9.17) is 0 Å². The normalized spacial score (nSPS) is 20.6. The van der Waals surface area contributed by atoms with Crippen LogP contribution in [0.3, 0.4) is 0 Å². The fourth-order valence-corrected chi connectivity index (χ4v) is 3.96. The number of amides is 2. The SMILES string of the molecule is Cc1nc(-c2ccccc2)sc1CNC(=O)NC1CCCCC1O. The van der Waals surface area contributed by atoms with Crippen LogP contribution in [-0.2, 0) is 6.54 Å². The number of benzene rings is 1. The van der Waals surface area contributed by atoms with E-state index in [1.54, 1.807) is 11.3 Å². The van der Waals surface area contributed by atoms with Crippen molar-refractivity contribution >= 4 is 17.4 Å². The van der Waals surface area contributed by atoms with E-state index in [-0.39, 0.29) is 12.1 Å². The number of carbonyl (C=O) groups excluding carboxylic acids is 1. The largest absolute Gasteiger partial charge is 0.391 e. The molecule has 3 N–H and O–H groups in total. The van der Waals surface area contributed by atoms with Crippen LogP contribution in [-0.4, -0.2) is 28.3 Å². The summed E-state index contributed by atoms with van der Waals surface area (Å²) in [5.74, 6) is 0. The molecule has 0 aliphatic heterocycles. The Balaban J connectivity index is 1.56. The molecule has 0 bridgehead atoms. The molecule has 2 atom stereocenters. The Morgan fingerprint density at radius 3 is 2.79 bits per heavy atom. The highest BCUT2D eigenvalue weighted by atomic mass is 32.1. The third kappa shape index (κ3) is 4.13. The van der Waals surface area contributed by atoms with E-state index >= 15 is 0 Å². The Kier molecular flexibility index (Phi) is 5.48. The van der Waals surface area contributed by atoms with Crippen molar-refractivity contribution in [2.45, 2.75) is 51.3 Å². The molecule has 0 saturated heterocycles. The molecule has 2 aromatic rings. The predicted octanol–water partition coefficient (Wildman–Crippen LogP) is 3.22. The molecule has 0 radical (unpaired) electrons. The van der Waals surface area contributed by atoms with Crippen LogP contribution in [0.15, 0.2) is 30.3 Å². The van der Waals surface area contributed by atoms with Crippen LogP contribution < -0.4 is 10.6 Å². The summed E-state index contributed by atoms with van der Waals surface area (Å²) >= 11 is 1.60. The van der Waals surface area contributed by atoms with Gasteiger partial charge in [-0.05, 0) is 19.8 Å². The number of aliphatic hydroxyl groups excluding tert-OH is 1. The van der Waals surface area contributed by atoms with Crippen molar-refractivity contribution in [2.24, 2.45) is 0 Å². The molecule has 1 saturated carbocycles. The number of aryl methyl sites for hydroxylation is 1. The lowest BCUT2D eigenvalue weighted by atomic mass is 9.93. The fraction of sp³-hybridized carbons (Fsp3) is 0.444. The van der Waals surface area contributed by atoms with Crippen molar-refractivity contribution in [2.75, 3.05) is 0 Å². The molecule has 1 aliphatic carbocycles. The summed E-state index contributed by atoms with van der Waals surface area (Å²) in [6.45, 7) is 2.41. The van der Waals surface area contributed by atoms with E-state index < -0.39 is 6.10 Å². The van der Waals surface area contributed by atoms with Crippen LogP contribution >= 0.6 is 11.3 Å². The highest BCUT2D eigenvalue weighted by Gasteiger charge is 2.24. The van der Waals surface area contributed by atoms with Gasteiger partial charge in [0.15, 0.2) is 0 Å². The van der Waals surface area contributed by atoms with Gasteiger partial charge in [-0.2, -0.15) is 0 Å². The average molecular weight is 345 g/mol. The van der Waals surface area contributed by atoms with E-state index in [0.29, 0.717) is 6.54 Å². The van der Waals surface area contributed by atoms with E-state index in [1.807, 2.05) is 37.3 Å². The zero-order chi connectivity index (χ0) is 16.9. The minimum absolute atomic E-state index is 0.138. The van der Waals surface area contributed by atoms with Crippen LogP contribution in [0.4, 0.5) is 4.79 Å². The van der Waals surface area contributed by atoms with Gasteiger partial charge in [0, 0.05) is 10.4 Å². The molecule has 2 unspecified atom stereocenters. The molecular weight excluding hydrogens is 322 g/mol. The number of nitrogens with one attached hydrogen (secondary N) is 2. The standard InChI is InChI=1S/C18H23N3O2S/c1-12-16(24-17(20-12)13-7-3-2-4-8-13)11-19-18(23)21-14-9-5-6-10-15(14)22/h2-4,7-8,14-15,22H,5-6,9-11H2,1H3,(H2,19,21,23). The molecule has 0 spiro atoms. The number of carbonyl (C=O) groups is 1. The zero-order valence-corrected chi connectivity index (χ0v) is 14.6. The molecule has 1 fully saturated rings. The summed E-state index contributed by atoms with van der Waals surface area (Å²) in [6, 6.07) is 9.67. The van der Waals surface area contributed by atoms with Crippen molar-refractivity contribution in [3.8, 4) is 10.6 Å². The topological polar surface area (TPSA) is 74.2 Å². The smallest absolute Gasteiger partial charge is 0.315 e. The van der Waals surface area contributed by atoms with Gasteiger partial charge in [0.1, 0.15) is 5.01 Å². The Bertz CT molecular complexity index is 687. The number of urea groups is 1. The van der Waals surface area contributed by atoms with Crippen molar-refractivity contribution in [1.29, 1.82) is 0 Å². The number of aromatic nitrogens is 1. The Hall–Kier alpha value is -1.92. The molecule has 6 heteroatoms. The van der Waals surface area contributed by atoms with Crippen LogP contribution in [0.2, 0.25) is 0 Å². The van der Waals surface area contributed by atoms with Gasteiger partial charge >= 0.3 is 6.03 Å². The lowest BCUT2D eigenvalue weighted by Crippen LogP contribution is -2.48. The third-order valence-corrected chi connectivity index (χ3v) is 5.58.